The molecule has 11 heteroatoms. The molecule has 208 valence electrons. The van der Waals surface area contributed by atoms with Crippen molar-refractivity contribution in [1.82, 2.24) is 14.2 Å². The first-order chi connectivity index (χ1) is 18.2. The van der Waals surface area contributed by atoms with Gasteiger partial charge in [0.1, 0.15) is 5.52 Å². The van der Waals surface area contributed by atoms with Crippen molar-refractivity contribution in [2.24, 2.45) is 0 Å². The second-order valence-corrected chi connectivity index (χ2v) is 12.3. The van der Waals surface area contributed by atoms with Gasteiger partial charge in [0.05, 0.1) is 14.6 Å². The van der Waals surface area contributed by atoms with Crippen LogP contribution in [0, 0.1) is 0 Å². The van der Waals surface area contributed by atoms with E-state index < -0.39 is 10.0 Å². The lowest BCUT2D eigenvalue weighted by Crippen LogP contribution is -2.38. The predicted molar refractivity (Wildman–Crippen MR) is 163 cm³/mol. The fourth-order valence-electron chi connectivity index (χ4n) is 4.11. The molecule has 0 spiro atoms. The van der Waals surface area contributed by atoms with Gasteiger partial charge in [-0.25, -0.2) is 13.4 Å². The summed E-state index contributed by atoms with van der Waals surface area (Å²) in [6.07, 6.45) is 0. The molecule has 0 N–H and O–H groups in total. The number of fused-ring (bicyclic) bond motifs is 1. The first-order valence-electron chi connectivity index (χ1n) is 12.4. The third kappa shape index (κ3) is 7.16. The third-order valence-corrected chi connectivity index (χ3v) is 9.59. The molecule has 1 aromatic heterocycles. The summed E-state index contributed by atoms with van der Waals surface area (Å²) in [7, 11) is -2.18. The SMILES string of the molecule is CCN(CC)CCN(C(=O)c1ccc(S(=O)(=O)N(C)Cc2ccccc2)cc1)c1nc2c(Cl)cccc2s1.Cl. The number of amides is 1. The van der Waals surface area contributed by atoms with Crippen LogP contribution in [0.3, 0.4) is 0 Å². The van der Waals surface area contributed by atoms with Gasteiger partial charge in [0.2, 0.25) is 10.0 Å². The van der Waals surface area contributed by atoms with Crippen LogP contribution < -0.4 is 4.90 Å². The lowest BCUT2D eigenvalue weighted by atomic mass is 10.2. The van der Waals surface area contributed by atoms with Crippen molar-refractivity contribution in [1.29, 1.82) is 0 Å². The zero-order chi connectivity index (χ0) is 27.3. The number of benzene rings is 3. The Labute approximate surface area is 245 Å². The Balaban J connectivity index is 0.00000420. The average Bonchev–Trinajstić information content (AvgIpc) is 3.37. The monoisotopic (exact) mass is 606 g/mol. The van der Waals surface area contributed by atoms with Gasteiger partial charge in [-0.1, -0.05) is 73.2 Å². The zero-order valence-corrected chi connectivity index (χ0v) is 25.3. The van der Waals surface area contributed by atoms with Gasteiger partial charge in [-0.2, -0.15) is 4.31 Å². The van der Waals surface area contributed by atoms with Gasteiger partial charge in [-0.05, 0) is 55.1 Å². The maximum absolute atomic E-state index is 13.7. The highest BCUT2D eigenvalue weighted by Gasteiger charge is 2.25. The van der Waals surface area contributed by atoms with Crippen molar-refractivity contribution in [2.75, 3.05) is 38.1 Å². The van der Waals surface area contributed by atoms with Gasteiger partial charge < -0.3 is 4.90 Å². The van der Waals surface area contributed by atoms with Crippen molar-refractivity contribution in [3.05, 3.63) is 88.9 Å². The maximum Gasteiger partial charge on any atom is 0.260 e. The number of nitrogens with zero attached hydrogens (tertiary/aromatic N) is 4. The van der Waals surface area contributed by atoms with Crippen molar-refractivity contribution >= 4 is 66.6 Å². The number of hydrogen-bond donors (Lipinski definition) is 0. The Morgan fingerprint density at radius 3 is 2.21 bits per heavy atom. The summed E-state index contributed by atoms with van der Waals surface area (Å²) in [4.78, 5) is 22.4. The molecule has 0 fully saturated rings. The third-order valence-electron chi connectivity index (χ3n) is 6.43. The second-order valence-electron chi connectivity index (χ2n) is 8.84. The van der Waals surface area contributed by atoms with Crippen LogP contribution >= 0.6 is 35.3 Å². The summed E-state index contributed by atoms with van der Waals surface area (Å²) in [6, 6.07) is 21.1. The summed E-state index contributed by atoms with van der Waals surface area (Å²) in [6.45, 7) is 7.28. The van der Waals surface area contributed by atoms with E-state index in [0.29, 0.717) is 34.3 Å². The quantitative estimate of drug-likeness (QED) is 0.204. The second kappa shape index (κ2) is 13.7. The molecule has 0 atom stereocenters. The van der Waals surface area contributed by atoms with Crippen molar-refractivity contribution < 1.29 is 13.2 Å². The molecule has 0 bridgehead atoms. The number of aromatic nitrogens is 1. The fourth-order valence-corrected chi connectivity index (χ4v) is 6.56. The van der Waals surface area contributed by atoms with E-state index in [9.17, 15) is 13.2 Å². The van der Waals surface area contributed by atoms with E-state index in [1.54, 1.807) is 30.1 Å². The minimum atomic E-state index is -3.73. The number of para-hydroxylation sites is 1. The van der Waals surface area contributed by atoms with Crippen LogP contribution in [-0.2, 0) is 16.6 Å². The smallest absolute Gasteiger partial charge is 0.260 e. The molecular formula is C28H32Cl2N4O3S2. The zero-order valence-electron chi connectivity index (χ0n) is 22.1. The lowest BCUT2D eigenvalue weighted by molar-refractivity contribution is 0.0983. The van der Waals surface area contributed by atoms with Crippen LogP contribution in [0.2, 0.25) is 5.02 Å². The van der Waals surface area contributed by atoms with E-state index in [1.165, 1.54) is 27.8 Å². The Morgan fingerprint density at radius 2 is 1.59 bits per heavy atom. The maximum atomic E-state index is 13.7. The Morgan fingerprint density at radius 1 is 0.923 bits per heavy atom. The normalized spacial score (nSPS) is 11.6. The average molecular weight is 608 g/mol. The topological polar surface area (TPSA) is 73.8 Å². The number of thiazole rings is 1. The molecule has 4 aromatic rings. The largest absolute Gasteiger partial charge is 0.302 e. The molecule has 0 unspecified atom stereocenters. The summed E-state index contributed by atoms with van der Waals surface area (Å²) in [5.41, 5.74) is 1.95. The molecule has 4 rings (SSSR count). The van der Waals surface area contributed by atoms with Gasteiger partial charge in [0.15, 0.2) is 5.13 Å². The van der Waals surface area contributed by atoms with Gasteiger partial charge in [-0.15, -0.1) is 12.4 Å². The van der Waals surface area contributed by atoms with Gasteiger partial charge >= 0.3 is 0 Å². The molecule has 1 heterocycles. The van der Waals surface area contributed by atoms with Gasteiger partial charge in [0, 0.05) is 32.2 Å². The molecular weight excluding hydrogens is 575 g/mol. The molecule has 0 radical (unpaired) electrons. The first kappa shape index (κ1) is 31.0. The number of anilines is 1. The molecule has 0 saturated carbocycles. The van der Waals surface area contributed by atoms with Crippen LogP contribution in [0.15, 0.2) is 77.7 Å². The Hall–Kier alpha value is -2.53. The van der Waals surface area contributed by atoms with E-state index in [4.69, 9.17) is 11.6 Å². The minimum Gasteiger partial charge on any atom is -0.302 e. The van der Waals surface area contributed by atoms with Crippen molar-refractivity contribution in [2.45, 2.75) is 25.3 Å². The van der Waals surface area contributed by atoms with E-state index in [-0.39, 0.29) is 29.8 Å². The molecule has 39 heavy (non-hydrogen) atoms. The number of carbonyl (C=O) groups excluding carboxylic acids is 1. The Kier molecular flexibility index (Phi) is 10.9. The summed E-state index contributed by atoms with van der Waals surface area (Å²) in [5.74, 6) is -0.242. The first-order valence-corrected chi connectivity index (χ1v) is 15.1. The summed E-state index contributed by atoms with van der Waals surface area (Å²) < 4.78 is 28.5. The van der Waals surface area contributed by atoms with Crippen LogP contribution in [-0.4, -0.2) is 61.7 Å². The number of rotatable bonds is 11. The standard InChI is InChI=1S/C28H31ClN4O3S2.ClH/c1-4-32(5-2)18-19-33(28-30-26-24(29)12-9-13-25(26)37-28)27(34)22-14-16-23(17-15-22)38(35,36)31(3)20-21-10-7-6-8-11-21;/h6-17H,4-5,18-20H2,1-3H3;1H. The number of carbonyl (C=O) groups is 1. The highest BCUT2D eigenvalue weighted by molar-refractivity contribution is 7.89. The highest BCUT2D eigenvalue weighted by Crippen LogP contribution is 2.33. The minimum absolute atomic E-state index is 0. The molecule has 7 nitrogen and oxygen atoms in total. The fraction of sp³-hybridized carbons (Fsp3) is 0.286. The number of sulfonamides is 1. The number of halogens is 2. The van der Waals surface area contributed by atoms with Crippen molar-refractivity contribution in [3.8, 4) is 0 Å². The van der Waals surface area contributed by atoms with E-state index >= 15 is 0 Å². The summed E-state index contributed by atoms with van der Waals surface area (Å²) >= 11 is 7.76. The summed E-state index contributed by atoms with van der Waals surface area (Å²) in [5, 5.41) is 1.10. The molecule has 0 aliphatic carbocycles. The predicted octanol–water partition coefficient (Wildman–Crippen LogP) is 6.18. The molecule has 3 aromatic carbocycles. The molecule has 0 aliphatic heterocycles. The van der Waals surface area contributed by atoms with E-state index in [1.807, 2.05) is 42.5 Å². The van der Waals surface area contributed by atoms with Crippen molar-refractivity contribution in [3.63, 3.8) is 0 Å². The highest BCUT2D eigenvalue weighted by atomic mass is 35.5. The van der Waals surface area contributed by atoms with E-state index in [0.717, 1.165) is 23.4 Å². The lowest BCUT2D eigenvalue weighted by Gasteiger charge is -2.25. The number of likely N-dealkylation sites (N-methyl/N-ethyl adjacent to an activating group) is 1. The van der Waals surface area contributed by atoms with Gasteiger partial charge in [-0.3, -0.25) is 9.69 Å². The van der Waals surface area contributed by atoms with Crippen LogP contribution in [0.4, 0.5) is 5.13 Å². The Bertz CT molecular complexity index is 1490. The van der Waals surface area contributed by atoms with Crippen LogP contribution in [0.25, 0.3) is 10.2 Å². The van der Waals surface area contributed by atoms with Crippen LogP contribution in [0.1, 0.15) is 29.8 Å². The molecule has 0 aliphatic rings. The van der Waals surface area contributed by atoms with Gasteiger partial charge in [0.25, 0.3) is 5.91 Å². The molecule has 1 amide bonds. The molecule has 0 saturated heterocycles. The van der Waals surface area contributed by atoms with E-state index in [2.05, 4.69) is 23.7 Å². The van der Waals surface area contributed by atoms with Crippen LogP contribution in [0.5, 0.6) is 0 Å². The number of hydrogen-bond acceptors (Lipinski definition) is 6.